The molecule has 0 atom stereocenters. The van der Waals surface area contributed by atoms with Crippen LogP contribution in [0.2, 0.25) is 0 Å². The Bertz CT molecular complexity index is 505. The first-order valence-electron chi connectivity index (χ1n) is 7.79. The van der Waals surface area contributed by atoms with Gasteiger partial charge >= 0.3 is 6.09 Å². The molecule has 6 heteroatoms. The van der Waals surface area contributed by atoms with Crippen LogP contribution in [0.1, 0.15) is 46.5 Å². The Morgan fingerprint density at radius 2 is 1.91 bits per heavy atom. The molecule has 0 aromatic carbocycles. The van der Waals surface area contributed by atoms with Crippen molar-refractivity contribution in [3.8, 4) is 0 Å². The summed E-state index contributed by atoms with van der Waals surface area (Å²) < 4.78 is 5.29. The van der Waals surface area contributed by atoms with Crippen molar-refractivity contribution in [3.63, 3.8) is 0 Å². The highest BCUT2D eigenvalue weighted by Crippen LogP contribution is 2.25. The number of nitrogen functional groups attached to an aromatic ring is 1. The largest absolute Gasteiger partial charge is 0.444 e. The number of pyridine rings is 1. The summed E-state index contributed by atoms with van der Waals surface area (Å²) in [4.78, 5) is 15.8. The van der Waals surface area contributed by atoms with E-state index in [1.54, 1.807) is 12.4 Å². The number of amides is 1. The fraction of sp³-hybridized carbons (Fsp3) is 0.625. The number of alkyl carbamates (subject to hydrolysis) is 1. The Labute approximate surface area is 131 Å². The van der Waals surface area contributed by atoms with E-state index in [0.29, 0.717) is 11.7 Å². The summed E-state index contributed by atoms with van der Waals surface area (Å²) in [7, 11) is 0. The normalized spacial score (nSPS) is 22.0. The molecule has 4 N–H and O–H groups in total. The number of nitrogens with one attached hydrogen (secondary N) is 2. The SMILES string of the molecule is CC(C)(C)OC(=O)N[C@H]1CC[C@H](Nc2ccncc2N)CC1. The quantitative estimate of drug-likeness (QED) is 0.799. The van der Waals surface area contributed by atoms with Gasteiger partial charge in [-0.15, -0.1) is 0 Å². The first-order valence-corrected chi connectivity index (χ1v) is 7.79. The van der Waals surface area contributed by atoms with E-state index in [4.69, 9.17) is 10.5 Å². The predicted octanol–water partition coefficient (Wildman–Crippen LogP) is 2.91. The molecule has 1 heterocycles. The third-order valence-corrected chi connectivity index (χ3v) is 3.66. The molecule has 1 aromatic rings. The highest BCUT2D eigenvalue weighted by Gasteiger charge is 2.24. The second kappa shape index (κ2) is 6.85. The van der Waals surface area contributed by atoms with Crippen LogP contribution in [0.15, 0.2) is 18.5 Å². The van der Waals surface area contributed by atoms with Crippen molar-refractivity contribution < 1.29 is 9.53 Å². The molecule has 0 spiro atoms. The third-order valence-electron chi connectivity index (χ3n) is 3.66. The number of nitrogens with zero attached hydrogens (tertiary/aromatic N) is 1. The summed E-state index contributed by atoms with van der Waals surface area (Å²) in [5.74, 6) is 0. The minimum absolute atomic E-state index is 0.183. The van der Waals surface area contributed by atoms with Crippen LogP contribution >= 0.6 is 0 Å². The molecule has 1 aromatic heterocycles. The standard InChI is InChI=1S/C16H26N4O2/c1-16(2,3)22-15(21)20-12-6-4-11(5-7-12)19-14-8-9-18-10-13(14)17/h8-12H,4-7,17H2,1-3H3,(H,18,19)(H,20,21)/t11-,12-. The smallest absolute Gasteiger partial charge is 0.407 e. The molecular weight excluding hydrogens is 280 g/mol. The zero-order valence-corrected chi connectivity index (χ0v) is 13.6. The van der Waals surface area contributed by atoms with E-state index in [0.717, 1.165) is 31.4 Å². The zero-order chi connectivity index (χ0) is 16.2. The lowest BCUT2D eigenvalue weighted by molar-refractivity contribution is 0.0492. The molecule has 2 rings (SSSR count). The molecule has 1 amide bonds. The fourth-order valence-electron chi connectivity index (χ4n) is 2.61. The van der Waals surface area contributed by atoms with Crippen LogP contribution in [-0.4, -0.2) is 28.8 Å². The molecule has 1 saturated carbocycles. The van der Waals surface area contributed by atoms with Gasteiger partial charge in [-0.1, -0.05) is 0 Å². The lowest BCUT2D eigenvalue weighted by Crippen LogP contribution is -2.42. The van der Waals surface area contributed by atoms with E-state index in [2.05, 4.69) is 15.6 Å². The number of carbonyl (C=O) groups is 1. The average Bonchev–Trinajstić information content (AvgIpc) is 2.41. The van der Waals surface area contributed by atoms with E-state index in [-0.39, 0.29) is 12.1 Å². The van der Waals surface area contributed by atoms with Crippen LogP contribution < -0.4 is 16.4 Å². The average molecular weight is 306 g/mol. The summed E-state index contributed by atoms with van der Waals surface area (Å²) in [5.41, 5.74) is 7.03. The van der Waals surface area contributed by atoms with Gasteiger partial charge < -0.3 is 21.1 Å². The van der Waals surface area contributed by atoms with E-state index in [1.807, 2.05) is 26.8 Å². The lowest BCUT2D eigenvalue weighted by Gasteiger charge is -2.31. The molecule has 1 aliphatic rings. The number of hydrogen-bond donors (Lipinski definition) is 3. The summed E-state index contributed by atoms with van der Waals surface area (Å²) in [6.45, 7) is 5.60. The van der Waals surface area contributed by atoms with E-state index >= 15 is 0 Å². The summed E-state index contributed by atoms with van der Waals surface area (Å²) in [6.07, 6.45) is 6.89. The van der Waals surface area contributed by atoms with Gasteiger partial charge in [-0.25, -0.2) is 4.79 Å². The number of hydrogen-bond acceptors (Lipinski definition) is 5. The molecule has 0 aliphatic heterocycles. The molecule has 0 unspecified atom stereocenters. The first-order chi connectivity index (χ1) is 10.3. The minimum atomic E-state index is -0.457. The monoisotopic (exact) mass is 306 g/mol. The minimum Gasteiger partial charge on any atom is -0.444 e. The van der Waals surface area contributed by atoms with Gasteiger partial charge in [0.15, 0.2) is 0 Å². The summed E-state index contributed by atoms with van der Waals surface area (Å²) >= 11 is 0. The van der Waals surface area contributed by atoms with Crippen molar-refractivity contribution in [2.75, 3.05) is 11.1 Å². The highest BCUT2D eigenvalue weighted by atomic mass is 16.6. The topological polar surface area (TPSA) is 89.3 Å². The third kappa shape index (κ3) is 5.09. The van der Waals surface area contributed by atoms with Gasteiger partial charge in [0.25, 0.3) is 0 Å². The van der Waals surface area contributed by atoms with Crippen LogP contribution in [0.3, 0.4) is 0 Å². The van der Waals surface area contributed by atoms with E-state index in [9.17, 15) is 4.79 Å². The van der Waals surface area contributed by atoms with Gasteiger partial charge in [0.2, 0.25) is 0 Å². The van der Waals surface area contributed by atoms with Crippen LogP contribution in [0.4, 0.5) is 16.2 Å². The second-order valence-electron chi connectivity index (χ2n) is 6.80. The Morgan fingerprint density at radius 1 is 1.27 bits per heavy atom. The number of carbonyl (C=O) groups excluding carboxylic acids is 1. The number of aromatic nitrogens is 1. The summed E-state index contributed by atoms with van der Waals surface area (Å²) in [5, 5.41) is 6.40. The number of rotatable bonds is 3. The highest BCUT2D eigenvalue weighted by molar-refractivity contribution is 5.68. The molecule has 0 saturated heterocycles. The Morgan fingerprint density at radius 3 is 2.50 bits per heavy atom. The molecule has 22 heavy (non-hydrogen) atoms. The van der Waals surface area contributed by atoms with Crippen LogP contribution in [0, 0.1) is 0 Å². The van der Waals surface area contributed by atoms with E-state index < -0.39 is 5.60 Å². The van der Waals surface area contributed by atoms with Crippen molar-refractivity contribution in [1.29, 1.82) is 0 Å². The maximum Gasteiger partial charge on any atom is 0.407 e. The fourth-order valence-corrected chi connectivity index (χ4v) is 2.61. The van der Waals surface area contributed by atoms with Crippen molar-refractivity contribution in [2.24, 2.45) is 0 Å². The molecule has 1 aliphatic carbocycles. The van der Waals surface area contributed by atoms with Gasteiger partial charge in [0, 0.05) is 18.3 Å². The van der Waals surface area contributed by atoms with E-state index in [1.165, 1.54) is 0 Å². The van der Waals surface area contributed by atoms with Gasteiger partial charge in [0.05, 0.1) is 17.6 Å². The number of anilines is 2. The Balaban J connectivity index is 1.76. The van der Waals surface area contributed by atoms with Gasteiger partial charge in [-0.05, 0) is 52.5 Å². The van der Waals surface area contributed by atoms with Crippen LogP contribution in [0.5, 0.6) is 0 Å². The maximum atomic E-state index is 11.8. The predicted molar refractivity (Wildman–Crippen MR) is 87.7 cm³/mol. The zero-order valence-electron chi connectivity index (χ0n) is 13.6. The van der Waals surface area contributed by atoms with Crippen molar-refractivity contribution in [2.45, 2.75) is 64.1 Å². The molecule has 1 fully saturated rings. The van der Waals surface area contributed by atoms with Gasteiger partial charge in [0.1, 0.15) is 5.60 Å². The van der Waals surface area contributed by atoms with Crippen LogP contribution in [0.25, 0.3) is 0 Å². The van der Waals surface area contributed by atoms with Gasteiger partial charge in [-0.2, -0.15) is 0 Å². The van der Waals surface area contributed by atoms with Crippen molar-refractivity contribution in [1.82, 2.24) is 10.3 Å². The Hall–Kier alpha value is -1.98. The maximum absolute atomic E-state index is 11.8. The lowest BCUT2D eigenvalue weighted by atomic mass is 9.91. The first kappa shape index (κ1) is 16.4. The van der Waals surface area contributed by atoms with Crippen molar-refractivity contribution in [3.05, 3.63) is 18.5 Å². The number of nitrogens with two attached hydrogens (primary N) is 1. The molecule has 122 valence electrons. The van der Waals surface area contributed by atoms with Crippen molar-refractivity contribution >= 4 is 17.5 Å². The van der Waals surface area contributed by atoms with Gasteiger partial charge in [-0.3, -0.25) is 4.98 Å². The molecule has 6 nitrogen and oxygen atoms in total. The van der Waals surface area contributed by atoms with Crippen LogP contribution in [-0.2, 0) is 4.74 Å². The second-order valence-corrected chi connectivity index (χ2v) is 6.80. The Kier molecular flexibility index (Phi) is 5.11. The molecule has 0 bridgehead atoms. The molecular formula is C16H26N4O2. The number of ether oxygens (including phenoxy) is 1. The summed E-state index contributed by atoms with van der Waals surface area (Å²) in [6, 6.07) is 2.45. The molecule has 0 radical (unpaired) electrons.